The minimum atomic E-state index is -2.78. The number of carbonyl (C=O) groups excluding carboxylic acids is 1. The van der Waals surface area contributed by atoms with Gasteiger partial charge in [0.25, 0.3) is 0 Å². The van der Waals surface area contributed by atoms with Crippen LogP contribution in [0.25, 0.3) is 0 Å². The molecule has 0 bridgehead atoms. The van der Waals surface area contributed by atoms with Crippen molar-refractivity contribution in [3.63, 3.8) is 0 Å². The van der Waals surface area contributed by atoms with Crippen molar-refractivity contribution >= 4 is 15.7 Å². The first-order valence-electron chi connectivity index (χ1n) is 5.71. The Hall–Kier alpha value is -0.620. The highest BCUT2D eigenvalue weighted by molar-refractivity contribution is 7.91. The summed E-state index contributed by atoms with van der Waals surface area (Å²) in [5.74, 6) is 0.866. The first-order chi connectivity index (χ1) is 7.53. The molecule has 0 radical (unpaired) electrons. The Balaban J connectivity index is 2.06. The first-order valence-corrected chi connectivity index (χ1v) is 7.53. The zero-order chi connectivity index (χ0) is 12.0. The number of carbonyl (C=O) groups is 1. The largest absolute Gasteiger partial charge is 0.356 e. The van der Waals surface area contributed by atoms with Gasteiger partial charge in [0, 0.05) is 19.5 Å². The fourth-order valence-corrected chi connectivity index (χ4v) is 3.69. The summed E-state index contributed by atoms with van der Waals surface area (Å²) < 4.78 is 22.4. The van der Waals surface area contributed by atoms with Crippen LogP contribution in [0.3, 0.4) is 0 Å². The molecule has 2 N–H and O–H groups in total. The van der Waals surface area contributed by atoms with Crippen molar-refractivity contribution in [1.82, 2.24) is 10.6 Å². The van der Waals surface area contributed by atoms with Gasteiger partial charge in [0.15, 0.2) is 9.84 Å². The van der Waals surface area contributed by atoms with Crippen LogP contribution in [-0.2, 0) is 14.6 Å². The molecule has 1 aliphatic rings. The van der Waals surface area contributed by atoms with Crippen LogP contribution in [0, 0.1) is 5.92 Å². The lowest BCUT2D eigenvalue weighted by atomic mass is 10.1. The van der Waals surface area contributed by atoms with Crippen LogP contribution >= 0.6 is 0 Å². The van der Waals surface area contributed by atoms with E-state index >= 15 is 0 Å². The molecule has 1 heterocycles. The van der Waals surface area contributed by atoms with Gasteiger partial charge in [0.05, 0.1) is 11.5 Å². The number of nitrogens with one attached hydrogen (secondary N) is 2. The summed E-state index contributed by atoms with van der Waals surface area (Å²) in [5.41, 5.74) is 0. The molecule has 1 saturated heterocycles. The Bertz CT molecular complexity index is 327. The highest BCUT2D eigenvalue weighted by Gasteiger charge is 2.27. The third-order valence-corrected chi connectivity index (χ3v) is 4.50. The van der Waals surface area contributed by atoms with Gasteiger partial charge in [-0.05, 0) is 25.8 Å². The second kappa shape index (κ2) is 6.20. The van der Waals surface area contributed by atoms with Crippen molar-refractivity contribution in [3.8, 4) is 0 Å². The molecule has 1 rings (SSSR count). The van der Waals surface area contributed by atoms with E-state index in [0.717, 1.165) is 6.42 Å². The van der Waals surface area contributed by atoms with Gasteiger partial charge < -0.3 is 10.6 Å². The van der Waals surface area contributed by atoms with Crippen molar-refractivity contribution in [1.29, 1.82) is 0 Å². The molecule has 0 aromatic heterocycles. The van der Waals surface area contributed by atoms with Gasteiger partial charge >= 0.3 is 0 Å². The average molecular weight is 248 g/mol. The maximum absolute atomic E-state index is 11.2. The molecule has 0 spiro atoms. The third-order valence-electron chi connectivity index (χ3n) is 2.66. The summed E-state index contributed by atoms with van der Waals surface area (Å²) in [6, 6.07) is 0. The fourth-order valence-electron chi connectivity index (χ4n) is 1.83. The van der Waals surface area contributed by atoms with E-state index in [4.69, 9.17) is 0 Å². The van der Waals surface area contributed by atoms with E-state index < -0.39 is 9.84 Å². The minimum absolute atomic E-state index is 0.0362. The topological polar surface area (TPSA) is 75.3 Å². The van der Waals surface area contributed by atoms with Crippen molar-refractivity contribution < 1.29 is 13.2 Å². The highest BCUT2D eigenvalue weighted by Crippen LogP contribution is 2.17. The highest BCUT2D eigenvalue weighted by atomic mass is 32.2. The Morgan fingerprint density at radius 1 is 1.44 bits per heavy atom. The van der Waals surface area contributed by atoms with Gasteiger partial charge in [-0.15, -0.1) is 0 Å². The van der Waals surface area contributed by atoms with Gasteiger partial charge in [0.1, 0.15) is 0 Å². The lowest BCUT2D eigenvalue weighted by Crippen LogP contribution is -2.30. The molecule has 16 heavy (non-hydrogen) atoms. The van der Waals surface area contributed by atoms with E-state index in [1.807, 2.05) is 6.92 Å². The second-order valence-electron chi connectivity index (χ2n) is 4.18. The van der Waals surface area contributed by atoms with E-state index in [2.05, 4.69) is 10.6 Å². The number of hydrogen-bond acceptors (Lipinski definition) is 4. The van der Waals surface area contributed by atoms with Gasteiger partial charge in [-0.2, -0.15) is 0 Å². The first kappa shape index (κ1) is 13.4. The molecule has 1 amide bonds. The van der Waals surface area contributed by atoms with Crippen LogP contribution in [0.4, 0.5) is 0 Å². The van der Waals surface area contributed by atoms with E-state index in [1.165, 1.54) is 0 Å². The molecule has 0 aliphatic carbocycles. The molecule has 1 fully saturated rings. The molecule has 0 aromatic carbocycles. The fraction of sp³-hybridized carbons (Fsp3) is 0.900. The van der Waals surface area contributed by atoms with Gasteiger partial charge in [-0.25, -0.2) is 8.42 Å². The molecule has 1 unspecified atom stereocenters. The molecule has 0 saturated carbocycles. The van der Waals surface area contributed by atoms with E-state index in [9.17, 15) is 13.2 Å². The lowest BCUT2D eigenvalue weighted by molar-refractivity contribution is -0.120. The number of hydrogen-bond donors (Lipinski definition) is 2. The van der Waals surface area contributed by atoms with Crippen LogP contribution < -0.4 is 10.6 Å². The van der Waals surface area contributed by atoms with Crippen LogP contribution in [-0.4, -0.2) is 45.5 Å². The standard InChI is InChI=1S/C10H20N2O3S/c1-2-12-10(13)3-5-11-7-9-4-6-16(14,15)8-9/h9,11H,2-8H2,1H3,(H,12,13). The van der Waals surface area contributed by atoms with Gasteiger partial charge in [-0.3, -0.25) is 4.79 Å². The van der Waals surface area contributed by atoms with Crippen LogP contribution in [0.1, 0.15) is 19.8 Å². The Labute approximate surface area is 96.9 Å². The van der Waals surface area contributed by atoms with Gasteiger partial charge in [-0.1, -0.05) is 0 Å². The zero-order valence-corrected chi connectivity index (χ0v) is 10.5. The molecular formula is C10H20N2O3S. The average Bonchev–Trinajstić information content (AvgIpc) is 2.54. The Morgan fingerprint density at radius 2 is 2.19 bits per heavy atom. The third kappa shape index (κ3) is 4.94. The molecule has 94 valence electrons. The van der Waals surface area contributed by atoms with Crippen molar-refractivity contribution in [2.24, 2.45) is 5.92 Å². The minimum Gasteiger partial charge on any atom is -0.356 e. The summed E-state index contributed by atoms with van der Waals surface area (Å²) in [5, 5.41) is 5.84. The second-order valence-corrected chi connectivity index (χ2v) is 6.41. The molecule has 1 atom stereocenters. The molecule has 5 nitrogen and oxygen atoms in total. The number of rotatable bonds is 6. The summed E-state index contributed by atoms with van der Waals surface area (Å²) in [6.45, 7) is 3.84. The van der Waals surface area contributed by atoms with E-state index in [-0.39, 0.29) is 11.8 Å². The Kier molecular flexibility index (Phi) is 5.21. The summed E-state index contributed by atoms with van der Waals surface area (Å²) in [7, 11) is -2.78. The monoisotopic (exact) mass is 248 g/mol. The molecule has 0 aromatic rings. The van der Waals surface area contributed by atoms with Gasteiger partial charge in [0.2, 0.25) is 5.91 Å². The van der Waals surface area contributed by atoms with E-state index in [0.29, 0.717) is 37.6 Å². The molecule has 6 heteroatoms. The predicted octanol–water partition coefficient (Wildman–Crippen LogP) is -0.463. The number of amides is 1. The Morgan fingerprint density at radius 3 is 2.75 bits per heavy atom. The summed E-state index contributed by atoms with van der Waals surface area (Å²) in [6.07, 6.45) is 1.20. The van der Waals surface area contributed by atoms with E-state index in [1.54, 1.807) is 0 Å². The zero-order valence-electron chi connectivity index (χ0n) is 9.66. The molecular weight excluding hydrogens is 228 g/mol. The van der Waals surface area contributed by atoms with Crippen LogP contribution in [0.15, 0.2) is 0 Å². The number of sulfone groups is 1. The smallest absolute Gasteiger partial charge is 0.221 e. The van der Waals surface area contributed by atoms with Crippen LogP contribution in [0.5, 0.6) is 0 Å². The maximum Gasteiger partial charge on any atom is 0.221 e. The normalized spacial score (nSPS) is 23.2. The SMILES string of the molecule is CCNC(=O)CCNCC1CCS(=O)(=O)C1. The summed E-state index contributed by atoms with van der Waals surface area (Å²) in [4.78, 5) is 11.1. The van der Waals surface area contributed by atoms with Crippen molar-refractivity contribution in [2.45, 2.75) is 19.8 Å². The van der Waals surface area contributed by atoms with Crippen molar-refractivity contribution in [2.75, 3.05) is 31.1 Å². The summed E-state index contributed by atoms with van der Waals surface area (Å²) >= 11 is 0. The molecule has 1 aliphatic heterocycles. The van der Waals surface area contributed by atoms with Crippen LogP contribution in [0.2, 0.25) is 0 Å². The quantitative estimate of drug-likeness (QED) is 0.624. The lowest BCUT2D eigenvalue weighted by Gasteiger charge is -2.09. The maximum atomic E-state index is 11.2. The predicted molar refractivity (Wildman–Crippen MR) is 62.9 cm³/mol. The van der Waals surface area contributed by atoms with Crippen molar-refractivity contribution in [3.05, 3.63) is 0 Å².